The molecule has 2 aromatic rings. The predicted molar refractivity (Wildman–Crippen MR) is 84.8 cm³/mol. The van der Waals surface area contributed by atoms with Gasteiger partial charge in [0.15, 0.2) is 12.2 Å². The first-order chi connectivity index (χ1) is 10.3. The van der Waals surface area contributed by atoms with Crippen molar-refractivity contribution in [3.8, 4) is 11.3 Å². The Kier molecular flexibility index (Phi) is 5.54. The lowest BCUT2D eigenvalue weighted by atomic mass is 10.1. The molecule has 3 rings (SSSR count). The van der Waals surface area contributed by atoms with Gasteiger partial charge in [0.25, 0.3) is 5.91 Å². The van der Waals surface area contributed by atoms with Gasteiger partial charge in [0.1, 0.15) is 6.10 Å². The number of ether oxygens (including phenoxy) is 1. The number of nitrogens with two attached hydrogens (primary N) is 1. The average molecular weight is 324 g/mol. The number of halogens is 1. The highest BCUT2D eigenvalue weighted by Crippen LogP contribution is 2.23. The van der Waals surface area contributed by atoms with Gasteiger partial charge in [-0.15, -0.1) is 12.4 Å². The van der Waals surface area contributed by atoms with Crippen LogP contribution >= 0.6 is 12.4 Å². The predicted octanol–water partition coefficient (Wildman–Crippen LogP) is 2.21. The molecule has 0 spiro atoms. The monoisotopic (exact) mass is 323 g/mol. The van der Waals surface area contributed by atoms with Crippen LogP contribution in [0.25, 0.3) is 11.3 Å². The Morgan fingerprint density at radius 2 is 2.09 bits per heavy atom. The summed E-state index contributed by atoms with van der Waals surface area (Å²) in [7, 11) is 0. The van der Waals surface area contributed by atoms with E-state index in [1.165, 1.54) is 6.39 Å². The summed E-state index contributed by atoms with van der Waals surface area (Å²) in [6, 6.07) is 7.39. The van der Waals surface area contributed by atoms with Crippen molar-refractivity contribution in [2.75, 3.05) is 11.9 Å². The first kappa shape index (κ1) is 16.5. The second-order valence-corrected chi connectivity index (χ2v) is 4.99. The molecule has 0 unspecified atom stereocenters. The van der Waals surface area contributed by atoms with Gasteiger partial charge in [0.05, 0.1) is 12.3 Å². The number of nitrogens with zero attached hydrogens (tertiary/aromatic N) is 1. The molecule has 6 nitrogen and oxygen atoms in total. The zero-order valence-electron chi connectivity index (χ0n) is 11.9. The minimum atomic E-state index is -0.410. The van der Waals surface area contributed by atoms with Gasteiger partial charge in [0.2, 0.25) is 0 Å². The second-order valence-electron chi connectivity index (χ2n) is 4.99. The largest absolute Gasteiger partial charge is 0.444 e. The molecule has 1 saturated heterocycles. The van der Waals surface area contributed by atoms with E-state index < -0.39 is 6.10 Å². The van der Waals surface area contributed by atoms with E-state index in [-0.39, 0.29) is 24.4 Å². The van der Waals surface area contributed by atoms with E-state index in [9.17, 15) is 4.79 Å². The number of rotatable bonds is 4. The second kappa shape index (κ2) is 7.40. The highest BCUT2D eigenvalue weighted by Gasteiger charge is 2.29. The molecular formula is C15H18ClN3O3. The number of benzene rings is 1. The van der Waals surface area contributed by atoms with Crippen LogP contribution in [0.3, 0.4) is 0 Å². The van der Waals surface area contributed by atoms with E-state index in [2.05, 4.69) is 10.3 Å². The number of aromatic nitrogens is 1. The third-order valence-electron chi connectivity index (χ3n) is 3.53. The minimum absolute atomic E-state index is 0. The maximum Gasteiger partial charge on any atom is 0.253 e. The lowest BCUT2D eigenvalue weighted by Gasteiger charge is -2.12. The Bertz CT molecular complexity index is 601. The first-order valence-electron chi connectivity index (χ1n) is 6.91. The Balaban J connectivity index is 0.00000176. The van der Waals surface area contributed by atoms with E-state index in [0.29, 0.717) is 18.7 Å². The summed E-state index contributed by atoms with van der Waals surface area (Å²) < 4.78 is 10.8. The summed E-state index contributed by atoms with van der Waals surface area (Å²) in [6.07, 6.45) is 4.16. The van der Waals surface area contributed by atoms with Crippen LogP contribution in [0.5, 0.6) is 0 Å². The van der Waals surface area contributed by atoms with Crippen LogP contribution in [0.2, 0.25) is 0 Å². The fourth-order valence-corrected chi connectivity index (χ4v) is 2.37. The van der Waals surface area contributed by atoms with Crippen LogP contribution in [0.15, 0.2) is 41.3 Å². The smallest absolute Gasteiger partial charge is 0.253 e. The molecule has 7 heteroatoms. The Labute approximate surface area is 134 Å². The fourth-order valence-electron chi connectivity index (χ4n) is 2.37. The van der Waals surface area contributed by atoms with Crippen molar-refractivity contribution in [3.05, 3.63) is 36.9 Å². The summed E-state index contributed by atoms with van der Waals surface area (Å²) >= 11 is 0. The lowest BCUT2D eigenvalue weighted by Crippen LogP contribution is -2.29. The van der Waals surface area contributed by atoms with E-state index in [0.717, 1.165) is 17.7 Å². The Morgan fingerprint density at radius 3 is 2.68 bits per heavy atom. The van der Waals surface area contributed by atoms with Gasteiger partial charge >= 0.3 is 0 Å². The van der Waals surface area contributed by atoms with E-state index in [4.69, 9.17) is 14.9 Å². The van der Waals surface area contributed by atoms with Crippen LogP contribution in [0.1, 0.15) is 12.8 Å². The van der Waals surface area contributed by atoms with Crippen molar-refractivity contribution in [1.29, 1.82) is 0 Å². The van der Waals surface area contributed by atoms with Crippen LogP contribution in [0.4, 0.5) is 5.69 Å². The quantitative estimate of drug-likeness (QED) is 0.900. The molecule has 3 N–H and O–H groups in total. The summed E-state index contributed by atoms with van der Waals surface area (Å²) in [6.45, 7) is 0.454. The molecule has 0 aliphatic carbocycles. The number of amides is 1. The molecule has 118 valence electrons. The average Bonchev–Trinajstić information content (AvgIpc) is 3.19. The van der Waals surface area contributed by atoms with Crippen LogP contribution in [-0.4, -0.2) is 29.6 Å². The molecule has 1 aromatic carbocycles. The molecule has 1 aromatic heterocycles. The molecule has 0 saturated carbocycles. The summed E-state index contributed by atoms with van der Waals surface area (Å²) in [5, 5.41) is 2.85. The Morgan fingerprint density at radius 1 is 1.32 bits per heavy atom. The molecular weight excluding hydrogens is 306 g/mol. The van der Waals surface area contributed by atoms with Crippen molar-refractivity contribution in [2.24, 2.45) is 5.73 Å². The van der Waals surface area contributed by atoms with Gasteiger partial charge in [-0.25, -0.2) is 4.98 Å². The third kappa shape index (κ3) is 3.65. The van der Waals surface area contributed by atoms with Crippen molar-refractivity contribution in [2.45, 2.75) is 25.0 Å². The maximum atomic E-state index is 12.1. The minimum Gasteiger partial charge on any atom is -0.444 e. The zero-order valence-corrected chi connectivity index (χ0v) is 12.7. The van der Waals surface area contributed by atoms with Crippen LogP contribution in [0, 0.1) is 0 Å². The number of hydrogen-bond acceptors (Lipinski definition) is 5. The molecule has 22 heavy (non-hydrogen) atoms. The van der Waals surface area contributed by atoms with Crippen LogP contribution in [-0.2, 0) is 9.53 Å². The van der Waals surface area contributed by atoms with Gasteiger partial charge in [-0.3, -0.25) is 4.79 Å². The molecule has 2 atom stereocenters. The maximum absolute atomic E-state index is 12.1. The van der Waals surface area contributed by atoms with Gasteiger partial charge in [0, 0.05) is 17.8 Å². The highest BCUT2D eigenvalue weighted by atomic mass is 35.5. The van der Waals surface area contributed by atoms with Crippen molar-refractivity contribution in [3.63, 3.8) is 0 Å². The molecule has 0 bridgehead atoms. The zero-order chi connectivity index (χ0) is 14.7. The van der Waals surface area contributed by atoms with E-state index in [1.807, 2.05) is 24.3 Å². The fraction of sp³-hybridized carbons (Fsp3) is 0.333. The SMILES string of the molecule is Cl.NC[C@H]1CC[C@@H](C(=O)Nc2ccc(-c3cnco3)cc2)O1. The number of anilines is 1. The Hall–Kier alpha value is -1.89. The number of nitrogens with one attached hydrogen (secondary N) is 1. The third-order valence-corrected chi connectivity index (χ3v) is 3.53. The molecule has 1 amide bonds. The summed E-state index contributed by atoms with van der Waals surface area (Å²) in [5.74, 6) is 0.566. The summed E-state index contributed by atoms with van der Waals surface area (Å²) in [4.78, 5) is 16.0. The lowest BCUT2D eigenvalue weighted by molar-refractivity contribution is -0.126. The molecule has 1 aliphatic rings. The first-order valence-corrected chi connectivity index (χ1v) is 6.91. The van der Waals surface area contributed by atoms with E-state index in [1.54, 1.807) is 6.20 Å². The van der Waals surface area contributed by atoms with Gasteiger partial charge in [-0.05, 0) is 37.1 Å². The van der Waals surface area contributed by atoms with Gasteiger partial charge < -0.3 is 20.2 Å². The molecule has 0 radical (unpaired) electrons. The normalized spacial score (nSPS) is 20.4. The summed E-state index contributed by atoms with van der Waals surface area (Å²) in [5.41, 5.74) is 7.17. The van der Waals surface area contributed by atoms with E-state index >= 15 is 0 Å². The number of carbonyl (C=O) groups excluding carboxylic acids is 1. The van der Waals surface area contributed by atoms with Crippen LogP contribution < -0.4 is 11.1 Å². The topological polar surface area (TPSA) is 90.4 Å². The number of hydrogen-bond donors (Lipinski definition) is 2. The van der Waals surface area contributed by atoms with Gasteiger partial charge in [-0.1, -0.05) is 0 Å². The van der Waals surface area contributed by atoms with Crippen molar-refractivity contribution in [1.82, 2.24) is 4.98 Å². The molecule has 2 heterocycles. The number of carbonyl (C=O) groups is 1. The molecule has 1 fully saturated rings. The van der Waals surface area contributed by atoms with Gasteiger partial charge in [-0.2, -0.15) is 0 Å². The van der Waals surface area contributed by atoms with Crippen molar-refractivity contribution >= 4 is 24.0 Å². The highest BCUT2D eigenvalue weighted by molar-refractivity contribution is 5.94. The number of oxazole rings is 1. The molecule has 1 aliphatic heterocycles. The standard InChI is InChI=1S/C15H17N3O3.ClH/c16-7-12-5-6-13(21-12)15(19)18-11-3-1-10(2-4-11)14-8-17-9-20-14;/h1-4,8-9,12-13H,5-7,16H2,(H,18,19);1H/t12-,13+;/m1./s1. The van der Waals surface area contributed by atoms with Crippen molar-refractivity contribution < 1.29 is 13.9 Å².